The summed E-state index contributed by atoms with van der Waals surface area (Å²) in [5.41, 5.74) is 5.67. The highest BCUT2D eigenvalue weighted by molar-refractivity contribution is 5.79. The number of amides is 1. The molecule has 3 N–H and O–H groups in total. The van der Waals surface area contributed by atoms with Crippen LogP contribution in [0.5, 0.6) is 0 Å². The van der Waals surface area contributed by atoms with Gasteiger partial charge in [-0.15, -0.1) is 10.2 Å². The summed E-state index contributed by atoms with van der Waals surface area (Å²) in [6.45, 7) is 2.68. The van der Waals surface area contributed by atoms with E-state index >= 15 is 0 Å². The molecule has 1 heterocycles. The molecular formula is C13H23N5O. The summed E-state index contributed by atoms with van der Waals surface area (Å²) in [6, 6.07) is -0.104. The third kappa shape index (κ3) is 3.32. The molecule has 0 aromatic carbocycles. The maximum Gasteiger partial charge on any atom is 0.223 e. The molecule has 2 rings (SSSR count). The third-order valence-corrected chi connectivity index (χ3v) is 4.04. The first-order valence-corrected chi connectivity index (χ1v) is 6.96. The first kappa shape index (κ1) is 14.0. The van der Waals surface area contributed by atoms with Gasteiger partial charge in [0.1, 0.15) is 6.33 Å². The Morgan fingerprint density at radius 2 is 2.21 bits per heavy atom. The fraction of sp³-hybridized carbons (Fsp3) is 0.769. The van der Waals surface area contributed by atoms with Crippen molar-refractivity contribution in [3.8, 4) is 0 Å². The Morgan fingerprint density at radius 1 is 1.53 bits per heavy atom. The fourth-order valence-electron chi connectivity index (χ4n) is 2.74. The molecule has 1 amide bonds. The lowest BCUT2D eigenvalue weighted by Crippen LogP contribution is -2.36. The fourth-order valence-corrected chi connectivity index (χ4v) is 2.74. The predicted octanol–water partition coefficient (Wildman–Crippen LogP) is 0.757. The number of aromatic nitrogens is 3. The summed E-state index contributed by atoms with van der Waals surface area (Å²) in [4.78, 5) is 12.2. The molecule has 1 aliphatic rings. The van der Waals surface area contributed by atoms with Gasteiger partial charge in [0.2, 0.25) is 5.91 Å². The minimum Gasteiger partial charge on any atom is -0.346 e. The van der Waals surface area contributed by atoms with Crippen LogP contribution in [0.1, 0.15) is 44.5 Å². The Hall–Kier alpha value is -1.43. The van der Waals surface area contributed by atoms with E-state index in [0.717, 1.165) is 38.1 Å². The highest BCUT2D eigenvalue weighted by Gasteiger charge is 2.27. The second-order valence-corrected chi connectivity index (χ2v) is 5.48. The Labute approximate surface area is 113 Å². The summed E-state index contributed by atoms with van der Waals surface area (Å²) in [6.07, 6.45) is 5.66. The van der Waals surface area contributed by atoms with Crippen molar-refractivity contribution in [1.82, 2.24) is 20.1 Å². The van der Waals surface area contributed by atoms with Crippen LogP contribution in [0.3, 0.4) is 0 Å². The molecule has 1 fully saturated rings. The van der Waals surface area contributed by atoms with Crippen LogP contribution in [0.2, 0.25) is 0 Å². The molecule has 1 saturated carbocycles. The van der Waals surface area contributed by atoms with E-state index in [2.05, 4.69) is 15.5 Å². The molecule has 6 heteroatoms. The first-order chi connectivity index (χ1) is 9.11. The van der Waals surface area contributed by atoms with Crippen LogP contribution in [0.25, 0.3) is 0 Å². The minimum atomic E-state index is -0.104. The van der Waals surface area contributed by atoms with Gasteiger partial charge in [-0.3, -0.25) is 4.79 Å². The first-order valence-electron chi connectivity index (χ1n) is 6.96. The Morgan fingerprint density at radius 3 is 2.74 bits per heavy atom. The van der Waals surface area contributed by atoms with Crippen molar-refractivity contribution in [2.24, 2.45) is 24.6 Å². The largest absolute Gasteiger partial charge is 0.346 e. The Balaban J connectivity index is 1.86. The smallest absolute Gasteiger partial charge is 0.223 e. The van der Waals surface area contributed by atoms with Gasteiger partial charge in [-0.25, -0.2) is 0 Å². The van der Waals surface area contributed by atoms with Crippen LogP contribution in [0, 0.1) is 11.8 Å². The van der Waals surface area contributed by atoms with Crippen LogP contribution in [0.15, 0.2) is 6.33 Å². The number of nitrogens with zero attached hydrogens (tertiary/aromatic N) is 3. The summed E-state index contributed by atoms with van der Waals surface area (Å²) in [7, 11) is 1.88. The molecule has 1 unspecified atom stereocenters. The van der Waals surface area contributed by atoms with Crippen molar-refractivity contribution in [3.63, 3.8) is 0 Å². The summed E-state index contributed by atoms with van der Waals surface area (Å²) >= 11 is 0. The second-order valence-electron chi connectivity index (χ2n) is 5.48. The molecule has 6 nitrogen and oxygen atoms in total. The molecule has 106 valence electrons. The average molecular weight is 265 g/mol. The lowest BCUT2D eigenvalue weighted by atomic mass is 9.81. The third-order valence-electron chi connectivity index (χ3n) is 4.04. The predicted molar refractivity (Wildman–Crippen MR) is 72.1 cm³/mol. The lowest BCUT2D eigenvalue weighted by Gasteiger charge is -2.27. The van der Waals surface area contributed by atoms with Gasteiger partial charge in [0.05, 0.1) is 6.04 Å². The van der Waals surface area contributed by atoms with Gasteiger partial charge in [0.15, 0.2) is 5.82 Å². The lowest BCUT2D eigenvalue weighted by molar-refractivity contribution is -0.126. The SMILES string of the molecule is CC(NC(=O)C1CCC(CN)CC1)c1nncn1C. The van der Waals surface area contributed by atoms with E-state index in [0.29, 0.717) is 5.92 Å². The molecule has 0 radical (unpaired) electrons. The van der Waals surface area contributed by atoms with Gasteiger partial charge in [-0.1, -0.05) is 0 Å². The number of aryl methyl sites for hydroxylation is 1. The van der Waals surface area contributed by atoms with Crippen molar-refractivity contribution in [2.75, 3.05) is 6.54 Å². The van der Waals surface area contributed by atoms with Crippen LogP contribution >= 0.6 is 0 Å². The number of carbonyl (C=O) groups excluding carboxylic acids is 1. The van der Waals surface area contributed by atoms with Crippen LogP contribution in [-0.4, -0.2) is 27.2 Å². The van der Waals surface area contributed by atoms with Crippen LogP contribution in [-0.2, 0) is 11.8 Å². The highest BCUT2D eigenvalue weighted by atomic mass is 16.1. The Bertz CT molecular complexity index is 422. The minimum absolute atomic E-state index is 0.104. The van der Waals surface area contributed by atoms with Crippen molar-refractivity contribution in [1.29, 1.82) is 0 Å². The molecule has 1 aromatic rings. The number of hydrogen-bond donors (Lipinski definition) is 2. The maximum atomic E-state index is 12.2. The van der Waals surface area contributed by atoms with Gasteiger partial charge in [0, 0.05) is 13.0 Å². The van der Waals surface area contributed by atoms with Crippen LogP contribution < -0.4 is 11.1 Å². The number of hydrogen-bond acceptors (Lipinski definition) is 4. The Kier molecular flexibility index (Phi) is 4.52. The summed E-state index contributed by atoms with van der Waals surface area (Å²) in [5.74, 6) is 1.63. The molecule has 0 saturated heterocycles. The summed E-state index contributed by atoms with van der Waals surface area (Å²) in [5, 5.41) is 10.9. The van der Waals surface area contributed by atoms with Gasteiger partial charge in [-0.2, -0.15) is 0 Å². The molecule has 1 aliphatic carbocycles. The normalized spacial score (nSPS) is 25.0. The van der Waals surface area contributed by atoms with E-state index in [9.17, 15) is 4.79 Å². The van der Waals surface area contributed by atoms with Crippen molar-refractivity contribution < 1.29 is 4.79 Å². The topological polar surface area (TPSA) is 85.8 Å². The zero-order chi connectivity index (χ0) is 13.8. The molecule has 0 aliphatic heterocycles. The molecule has 1 atom stereocenters. The van der Waals surface area contributed by atoms with E-state index < -0.39 is 0 Å². The van der Waals surface area contributed by atoms with Gasteiger partial charge in [0.25, 0.3) is 0 Å². The van der Waals surface area contributed by atoms with E-state index in [4.69, 9.17) is 5.73 Å². The molecular weight excluding hydrogens is 242 g/mol. The zero-order valence-corrected chi connectivity index (χ0v) is 11.7. The van der Waals surface area contributed by atoms with E-state index in [1.807, 2.05) is 18.5 Å². The number of nitrogens with two attached hydrogens (primary N) is 1. The van der Waals surface area contributed by atoms with Gasteiger partial charge < -0.3 is 15.6 Å². The van der Waals surface area contributed by atoms with Crippen LogP contribution in [0.4, 0.5) is 0 Å². The van der Waals surface area contributed by atoms with Crippen molar-refractivity contribution in [2.45, 2.75) is 38.6 Å². The molecule has 0 spiro atoms. The summed E-state index contributed by atoms with van der Waals surface area (Å²) < 4.78 is 1.83. The average Bonchev–Trinajstić information content (AvgIpc) is 2.85. The van der Waals surface area contributed by atoms with Gasteiger partial charge in [-0.05, 0) is 45.1 Å². The van der Waals surface area contributed by atoms with E-state index in [1.165, 1.54) is 0 Å². The number of nitrogens with one attached hydrogen (secondary N) is 1. The number of carbonyl (C=O) groups is 1. The van der Waals surface area contributed by atoms with Crippen molar-refractivity contribution in [3.05, 3.63) is 12.2 Å². The highest BCUT2D eigenvalue weighted by Crippen LogP contribution is 2.28. The van der Waals surface area contributed by atoms with E-state index in [-0.39, 0.29) is 17.9 Å². The van der Waals surface area contributed by atoms with Crippen molar-refractivity contribution >= 4 is 5.91 Å². The molecule has 19 heavy (non-hydrogen) atoms. The zero-order valence-electron chi connectivity index (χ0n) is 11.7. The number of rotatable bonds is 4. The van der Waals surface area contributed by atoms with Gasteiger partial charge >= 0.3 is 0 Å². The molecule has 1 aromatic heterocycles. The monoisotopic (exact) mass is 265 g/mol. The second kappa shape index (κ2) is 6.14. The maximum absolute atomic E-state index is 12.2. The standard InChI is InChI=1S/C13H23N5O/c1-9(12-17-15-8-18(12)2)16-13(19)11-5-3-10(7-14)4-6-11/h8-11H,3-7,14H2,1-2H3,(H,16,19). The van der Waals surface area contributed by atoms with E-state index in [1.54, 1.807) is 6.33 Å². The quantitative estimate of drug-likeness (QED) is 0.841. The molecule has 0 bridgehead atoms.